The minimum atomic E-state index is -0.356. The van der Waals surface area contributed by atoms with E-state index in [1.165, 1.54) is 4.90 Å². The van der Waals surface area contributed by atoms with E-state index in [1.54, 1.807) is 30.3 Å². The van der Waals surface area contributed by atoms with E-state index in [1.807, 2.05) is 56.3 Å². The third kappa shape index (κ3) is 6.21. The summed E-state index contributed by atoms with van der Waals surface area (Å²) < 4.78 is 6.68. The smallest absolute Gasteiger partial charge is 0.293 e. The number of rotatable bonds is 7. The van der Waals surface area contributed by atoms with E-state index >= 15 is 0 Å². The highest BCUT2D eigenvalue weighted by atomic mass is 79.9. The first-order chi connectivity index (χ1) is 16.8. The van der Waals surface area contributed by atoms with Gasteiger partial charge in [-0.2, -0.15) is 0 Å². The van der Waals surface area contributed by atoms with E-state index in [4.69, 9.17) is 4.74 Å². The van der Waals surface area contributed by atoms with Crippen molar-refractivity contribution in [2.24, 2.45) is 0 Å². The molecule has 0 spiro atoms. The topological polar surface area (TPSA) is 75.7 Å². The second-order valence-corrected chi connectivity index (χ2v) is 9.98. The van der Waals surface area contributed by atoms with Crippen LogP contribution in [0.25, 0.3) is 6.08 Å². The molecule has 0 bridgehead atoms. The Morgan fingerprint density at radius 3 is 2.51 bits per heavy atom. The molecule has 4 rings (SSSR count). The molecule has 0 atom stereocenters. The fraction of sp³-hybridized carbons (Fsp3) is 0.148. The molecule has 1 fully saturated rings. The maximum absolute atomic E-state index is 12.9. The van der Waals surface area contributed by atoms with Gasteiger partial charge in [-0.3, -0.25) is 19.3 Å². The van der Waals surface area contributed by atoms with Crippen LogP contribution in [-0.2, 0) is 16.1 Å². The average molecular weight is 551 g/mol. The van der Waals surface area contributed by atoms with E-state index < -0.39 is 0 Å². The van der Waals surface area contributed by atoms with E-state index in [0.29, 0.717) is 21.9 Å². The summed E-state index contributed by atoms with van der Waals surface area (Å²) in [6.07, 6.45) is 1.63. The molecular formula is C27H23BrN2O4S. The highest BCUT2D eigenvalue weighted by molar-refractivity contribution is 9.10. The van der Waals surface area contributed by atoms with Crippen molar-refractivity contribution < 1.29 is 19.1 Å². The van der Waals surface area contributed by atoms with Crippen LogP contribution in [-0.4, -0.2) is 28.6 Å². The van der Waals surface area contributed by atoms with E-state index in [-0.39, 0.29) is 30.2 Å². The predicted molar refractivity (Wildman–Crippen MR) is 142 cm³/mol. The number of nitrogens with zero attached hydrogens (tertiary/aromatic N) is 1. The van der Waals surface area contributed by atoms with Crippen LogP contribution in [0.3, 0.4) is 0 Å². The van der Waals surface area contributed by atoms with Gasteiger partial charge < -0.3 is 10.1 Å². The maximum Gasteiger partial charge on any atom is 0.293 e. The van der Waals surface area contributed by atoms with Gasteiger partial charge in [0.05, 0.1) is 11.4 Å². The fourth-order valence-electron chi connectivity index (χ4n) is 3.44. The molecule has 1 aliphatic heterocycles. The van der Waals surface area contributed by atoms with Gasteiger partial charge in [-0.1, -0.05) is 52.3 Å². The molecule has 8 heteroatoms. The molecule has 6 nitrogen and oxygen atoms in total. The maximum atomic E-state index is 12.9. The van der Waals surface area contributed by atoms with Gasteiger partial charge in [0.1, 0.15) is 5.75 Å². The first-order valence-electron chi connectivity index (χ1n) is 10.9. The number of carbonyl (C=O) groups excluding carboxylic acids is 3. The van der Waals surface area contributed by atoms with Crippen molar-refractivity contribution in [1.82, 2.24) is 4.90 Å². The zero-order chi connectivity index (χ0) is 24.9. The number of ether oxygens (including phenoxy) is 1. The SMILES string of the molecule is Cc1ccc(NC(=O)COc2ccccc2/C=C2\SC(=O)N(Cc3ccc(Br)cc3)C2=O)cc1C. The van der Waals surface area contributed by atoms with Gasteiger partial charge >= 0.3 is 0 Å². The molecule has 3 aromatic carbocycles. The van der Waals surface area contributed by atoms with Gasteiger partial charge in [-0.05, 0) is 78.7 Å². The summed E-state index contributed by atoms with van der Waals surface area (Å²) in [5.74, 6) is -0.203. The number of halogens is 1. The molecule has 0 aromatic heterocycles. The predicted octanol–water partition coefficient (Wildman–Crippen LogP) is 6.32. The number of anilines is 1. The number of amides is 3. The quantitative estimate of drug-likeness (QED) is 0.348. The van der Waals surface area contributed by atoms with Gasteiger partial charge in [0, 0.05) is 15.7 Å². The third-order valence-electron chi connectivity index (χ3n) is 5.48. The van der Waals surface area contributed by atoms with Crippen LogP contribution in [0.2, 0.25) is 0 Å². The normalized spacial score (nSPS) is 14.5. The zero-order valence-electron chi connectivity index (χ0n) is 19.2. The first kappa shape index (κ1) is 24.8. The van der Waals surface area contributed by atoms with E-state index in [2.05, 4.69) is 21.2 Å². The van der Waals surface area contributed by atoms with Crippen LogP contribution in [0.1, 0.15) is 22.3 Å². The number of imide groups is 1. The zero-order valence-corrected chi connectivity index (χ0v) is 21.6. The lowest BCUT2D eigenvalue weighted by Crippen LogP contribution is -2.27. The molecule has 35 heavy (non-hydrogen) atoms. The minimum Gasteiger partial charge on any atom is -0.483 e. The molecule has 0 aliphatic carbocycles. The van der Waals surface area contributed by atoms with Crippen molar-refractivity contribution in [2.75, 3.05) is 11.9 Å². The van der Waals surface area contributed by atoms with Crippen LogP contribution in [0.15, 0.2) is 76.1 Å². The number of carbonyl (C=O) groups is 3. The minimum absolute atomic E-state index is 0.192. The summed E-state index contributed by atoms with van der Waals surface area (Å²) >= 11 is 4.27. The molecule has 0 unspecified atom stereocenters. The Labute approximate surface area is 216 Å². The average Bonchev–Trinajstić information content (AvgIpc) is 3.09. The van der Waals surface area contributed by atoms with Crippen LogP contribution in [0.4, 0.5) is 10.5 Å². The number of para-hydroxylation sites is 1. The van der Waals surface area contributed by atoms with Crippen LogP contribution in [0, 0.1) is 13.8 Å². The van der Waals surface area contributed by atoms with Crippen LogP contribution >= 0.6 is 27.7 Å². The monoisotopic (exact) mass is 550 g/mol. The summed E-state index contributed by atoms with van der Waals surface area (Å²) in [5.41, 5.74) is 4.41. The number of hydrogen-bond acceptors (Lipinski definition) is 5. The number of nitrogens with one attached hydrogen (secondary N) is 1. The van der Waals surface area contributed by atoms with Crippen molar-refractivity contribution in [3.8, 4) is 5.75 Å². The summed E-state index contributed by atoms with van der Waals surface area (Å²) in [7, 11) is 0. The molecule has 1 heterocycles. The molecule has 1 saturated heterocycles. The van der Waals surface area contributed by atoms with E-state index in [0.717, 1.165) is 32.9 Å². The summed E-state index contributed by atoms with van der Waals surface area (Å²) in [6.45, 7) is 4.00. The third-order valence-corrected chi connectivity index (χ3v) is 6.92. The van der Waals surface area contributed by atoms with Gasteiger partial charge in [-0.25, -0.2) is 0 Å². The van der Waals surface area contributed by atoms with Crippen molar-refractivity contribution in [3.63, 3.8) is 0 Å². The molecule has 0 radical (unpaired) electrons. The number of aryl methyl sites for hydroxylation is 2. The van der Waals surface area contributed by atoms with Crippen molar-refractivity contribution in [3.05, 3.63) is 98.4 Å². The van der Waals surface area contributed by atoms with Gasteiger partial charge in [0.25, 0.3) is 17.1 Å². The van der Waals surface area contributed by atoms with Crippen LogP contribution < -0.4 is 10.1 Å². The Kier molecular flexibility index (Phi) is 7.73. The lowest BCUT2D eigenvalue weighted by molar-refractivity contribution is -0.123. The Balaban J connectivity index is 1.43. The Bertz CT molecular complexity index is 1320. The summed E-state index contributed by atoms with van der Waals surface area (Å²) in [5, 5.41) is 2.50. The molecular weight excluding hydrogens is 528 g/mol. The van der Waals surface area contributed by atoms with Crippen LogP contribution in [0.5, 0.6) is 5.75 Å². The molecule has 178 valence electrons. The second kappa shape index (κ2) is 10.9. The number of thioether (sulfide) groups is 1. The van der Waals surface area contributed by atoms with Gasteiger partial charge in [-0.15, -0.1) is 0 Å². The Morgan fingerprint density at radius 1 is 1.03 bits per heavy atom. The fourth-order valence-corrected chi connectivity index (χ4v) is 4.53. The second-order valence-electron chi connectivity index (χ2n) is 8.07. The molecule has 1 N–H and O–H groups in total. The largest absolute Gasteiger partial charge is 0.483 e. The summed E-state index contributed by atoms with van der Waals surface area (Å²) in [6, 6.07) is 20.3. The van der Waals surface area contributed by atoms with Crippen molar-refractivity contribution in [2.45, 2.75) is 20.4 Å². The Morgan fingerprint density at radius 2 is 1.77 bits per heavy atom. The molecule has 0 saturated carbocycles. The first-order valence-corrected chi connectivity index (χ1v) is 12.5. The number of hydrogen-bond donors (Lipinski definition) is 1. The lowest BCUT2D eigenvalue weighted by Gasteiger charge is -2.12. The number of benzene rings is 3. The van der Waals surface area contributed by atoms with Crippen molar-refractivity contribution >= 4 is 56.5 Å². The summed E-state index contributed by atoms with van der Waals surface area (Å²) in [4.78, 5) is 39.4. The highest BCUT2D eigenvalue weighted by Crippen LogP contribution is 2.35. The standard InChI is InChI=1S/C27H23BrN2O4S/c1-17-7-12-22(13-18(17)2)29-25(31)16-34-23-6-4-3-5-20(23)14-24-26(32)30(27(33)35-24)15-19-8-10-21(28)11-9-19/h3-14H,15-16H2,1-2H3,(H,29,31)/b24-14-. The van der Waals surface area contributed by atoms with Gasteiger partial charge in [0.2, 0.25) is 0 Å². The molecule has 3 amide bonds. The van der Waals surface area contributed by atoms with E-state index in [9.17, 15) is 14.4 Å². The Hall–Kier alpha value is -3.36. The lowest BCUT2D eigenvalue weighted by atomic mass is 10.1. The molecule has 1 aliphatic rings. The van der Waals surface area contributed by atoms with Crippen molar-refractivity contribution in [1.29, 1.82) is 0 Å². The molecule has 3 aromatic rings. The van der Waals surface area contributed by atoms with Gasteiger partial charge in [0.15, 0.2) is 6.61 Å². The highest BCUT2D eigenvalue weighted by Gasteiger charge is 2.35.